The molecule has 1 heterocycles. The molecule has 0 amide bonds. The van der Waals surface area contributed by atoms with Crippen molar-refractivity contribution in [2.45, 2.75) is 13.0 Å². The van der Waals surface area contributed by atoms with E-state index in [9.17, 15) is 0 Å². The molecule has 3 nitrogen and oxygen atoms in total. The van der Waals surface area contributed by atoms with Crippen LogP contribution in [-0.2, 0) is 4.74 Å². The van der Waals surface area contributed by atoms with Gasteiger partial charge in [0.25, 0.3) is 6.02 Å². The highest BCUT2D eigenvalue weighted by Gasteiger charge is 2.10. The van der Waals surface area contributed by atoms with Crippen LogP contribution in [0.5, 0.6) is 0 Å². The van der Waals surface area contributed by atoms with Gasteiger partial charge in [-0.1, -0.05) is 0 Å². The summed E-state index contributed by atoms with van der Waals surface area (Å²) in [5, 5.41) is 3.03. The van der Waals surface area contributed by atoms with Crippen LogP contribution < -0.4 is 5.32 Å². The lowest BCUT2D eigenvalue weighted by Gasteiger charge is -2.01. The van der Waals surface area contributed by atoms with Crippen LogP contribution in [0.2, 0.25) is 0 Å². The van der Waals surface area contributed by atoms with Gasteiger partial charge in [0, 0.05) is 6.04 Å². The van der Waals surface area contributed by atoms with Crippen LogP contribution in [0.25, 0.3) is 0 Å². The van der Waals surface area contributed by atoms with E-state index < -0.39 is 0 Å². The molecule has 0 saturated heterocycles. The van der Waals surface area contributed by atoms with Crippen molar-refractivity contribution in [3.63, 3.8) is 0 Å². The van der Waals surface area contributed by atoms with E-state index in [2.05, 4.69) is 17.2 Å². The molecule has 3 heteroatoms. The van der Waals surface area contributed by atoms with Crippen molar-refractivity contribution in [3.05, 3.63) is 0 Å². The van der Waals surface area contributed by atoms with Crippen molar-refractivity contribution >= 4 is 6.02 Å². The Balaban J connectivity index is 2.37. The van der Waals surface area contributed by atoms with Crippen molar-refractivity contribution in [3.8, 4) is 0 Å². The molecule has 1 N–H and O–H groups in total. The predicted molar refractivity (Wildman–Crippen MR) is 31.9 cm³/mol. The second-order valence-corrected chi connectivity index (χ2v) is 1.90. The quantitative estimate of drug-likeness (QED) is 0.480. The maximum atomic E-state index is 4.82. The predicted octanol–water partition coefficient (Wildman–Crippen LogP) is -0.0195. The number of rotatable bonds is 0. The third-order valence-corrected chi connectivity index (χ3v) is 1.07. The van der Waals surface area contributed by atoms with Crippen LogP contribution in [0.3, 0.4) is 0 Å². The molecule has 46 valence electrons. The molecule has 0 fully saturated rings. The van der Waals surface area contributed by atoms with E-state index in [1.807, 2.05) is 0 Å². The zero-order chi connectivity index (χ0) is 5.98. The Bertz CT molecular complexity index is 111. The molecule has 0 aromatic rings. The molecule has 1 rings (SSSR count). The summed E-state index contributed by atoms with van der Waals surface area (Å²) in [5.41, 5.74) is 0. The smallest absolute Gasteiger partial charge is 0.284 e. The highest BCUT2D eigenvalue weighted by atomic mass is 16.5. The van der Waals surface area contributed by atoms with Crippen molar-refractivity contribution in [1.29, 1.82) is 0 Å². The Kier molecular flexibility index (Phi) is 1.37. The molecular weight excluding hydrogens is 104 g/mol. The van der Waals surface area contributed by atoms with Gasteiger partial charge in [0.05, 0.1) is 13.7 Å². The number of hydrogen-bond acceptors (Lipinski definition) is 3. The summed E-state index contributed by atoms with van der Waals surface area (Å²) < 4.78 is 4.82. The minimum Gasteiger partial charge on any atom is -0.469 e. The van der Waals surface area contributed by atoms with Crippen molar-refractivity contribution in [2.24, 2.45) is 4.99 Å². The van der Waals surface area contributed by atoms with Gasteiger partial charge in [-0.2, -0.15) is 0 Å². The topological polar surface area (TPSA) is 33.6 Å². The molecule has 8 heavy (non-hydrogen) atoms. The monoisotopic (exact) mass is 114 g/mol. The number of aliphatic imine (C=N–C) groups is 1. The molecular formula is C5H10N2O. The highest BCUT2D eigenvalue weighted by Crippen LogP contribution is 1.93. The summed E-state index contributed by atoms with van der Waals surface area (Å²) in [4.78, 5) is 4.02. The van der Waals surface area contributed by atoms with Crippen LogP contribution in [0.15, 0.2) is 4.99 Å². The molecule has 1 aliphatic heterocycles. The maximum Gasteiger partial charge on any atom is 0.284 e. The fraction of sp³-hybridized carbons (Fsp3) is 0.800. The second kappa shape index (κ2) is 2.03. The van der Waals surface area contributed by atoms with Crippen LogP contribution in [0.4, 0.5) is 0 Å². The Morgan fingerprint density at radius 2 is 2.62 bits per heavy atom. The molecule has 0 aromatic heterocycles. The molecule has 0 radical (unpaired) electrons. The van der Waals surface area contributed by atoms with E-state index in [-0.39, 0.29) is 0 Å². The lowest BCUT2D eigenvalue weighted by molar-refractivity contribution is 0.384. The number of nitrogens with one attached hydrogen (secondary N) is 1. The Hall–Kier alpha value is -0.730. The summed E-state index contributed by atoms with van der Waals surface area (Å²) in [6.45, 7) is 2.90. The first-order valence-electron chi connectivity index (χ1n) is 2.68. The first-order chi connectivity index (χ1) is 3.83. The van der Waals surface area contributed by atoms with E-state index >= 15 is 0 Å². The summed E-state index contributed by atoms with van der Waals surface area (Å²) in [6, 6.07) is 1.11. The van der Waals surface area contributed by atoms with Gasteiger partial charge in [-0.3, -0.25) is 0 Å². The Morgan fingerprint density at radius 1 is 1.88 bits per heavy atom. The Morgan fingerprint density at radius 3 is 2.88 bits per heavy atom. The third-order valence-electron chi connectivity index (χ3n) is 1.07. The number of hydrogen-bond donors (Lipinski definition) is 1. The molecule has 0 aliphatic carbocycles. The van der Waals surface area contributed by atoms with Crippen molar-refractivity contribution in [2.75, 3.05) is 13.7 Å². The first kappa shape index (κ1) is 5.41. The average molecular weight is 114 g/mol. The normalized spacial score (nSPS) is 26.8. The van der Waals surface area contributed by atoms with E-state index in [0.717, 1.165) is 6.54 Å². The van der Waals surface area contributed by atoms with Gasteiger partial charge in [-0.15, -0.1) is 0 Å². The fourth-order valence-corrected chi connectivity index (χ4v) is 0.645. The lowest BCUT2D eigenvalue weighted by Crippen LogP contribution is -2.27. The number of nitrogens with zero attached hydrogens (tertiary/aromatic N) is 1. The van der Waals surface area contributed by atoms with Gasteiger partial charge in [0.15, 0.2) is 0 Å². The third kappa shape index (κ3) is 0.911. The van der Waals surface area contributed by atoms with Crippen LogP contribution in [-0.4, -0.2) is 25.7 Å². The number of ether oxygens (including phenoxy) is 1. The van der Waals surface area contributed by atoms with E-state index in [1.54, 1.807) is 7.11 Å². The molecule has 0 bridgehead atoms. The average Bonchev–Trinajstić information content (AvgIpc) is 2.14. The van der Waals surface area contributed by atoms with Gasteiger partial charge >= 0.3 is 0 Å². The summed E-state index contributed by atoms with van der Waals surface area (Å²) in [7, 11) is 1.61. The lowest BCUT2D eigenvalue weighted by atomic mass is 10.4. The maximum absolute atomic E-state index is 4.82. The van der Waals surface area contributed by atoms with Crippen molar-refractivity contribution in [1.82, 2.24) is 5.32 Å². The van der Waals surface area contributed by atoms with E-state index in [1.165, 1.54) is 0 Å². The highest BCUT2D eigenvalue weighted by molar-refractivity contribution is 5.75. The molecule has 0 saturated carbocycles. The minimum atomic E-state index is 0.449. The first-order valence-corrected chi connectivity index (χ1v) is 2.68. The Labute approximate surface area is 48.8 Å². The molecule has 0 spiro atoms. The minimum absolute atomic E-state index is 0.449. The SMILES string of the molecule is COC1=NCC(C)N1. The van der Waals surface area contributed by atoms with Crippen molar-refractivity contribution < 1.29 is 4.74 Å². The zero-order valence-corrected chi connectivity index (χ0v) is 5.14. The number of methoxy groups -OCH3 is 1. The summed E-state index contributed by atoms with van der Waals surface area (Å²) >= 11 is 0. The molecule has 0 aromatic carbocycles. The number of amidine groups is 1. The van der Waals surface area contributed by atoms with Gasteiger partial charge in [-0.05, 0) is 6.92 Å². The fourth-order valence-electron chi connectivity index (χ4n) is 0.645. The van der Waals surface area contributed by atoms with E-state index in [4.69, 9.17) is 4.74 Å². The van der Waals surface area contributed by atoms with E-state index in [0.29, 0.717) is 12.1 Å². The molecule has 1 unspecified atom stereocenters. The van der Waals surface area contributed by atoms with Gasteiger partial charge in [0.2, 0.25) is 0 Å². The molecule has 1 aliphatic rings. The van der Waals surface area contributed by atoms with Gasteiger partial charge < -0.3 is 10.1 Å². The zero-order valence-electron chi connectivity index (χ0n) is 5.14. The second-order valence-electron chi connectivity index (χ2n) is 1.90. The van der Waals surface area contributed by atoms with Crippen LogP contribution >= 0.6 is 0 Å². The summed E-state index contributed by atoms with van der Waals surface area (Å²) in [5.74, 6) is 0. The summed E-state index contributed by atoms with van der Waals surface area (Å²) in [6.07, 6.45) is 0. The largest absolute Gasteiger partial charge is 0.469 e. The van der Waals surface area contributed by atoms with Gasteiger partial charge in [-0.25, -0.2) is 4.99 Å². The van der Waals surface area contributed by atoms with Gasteiger partial charge in [0.1, 0.15) is 0 Å². The standard InChI is InChI=1S/C5H10N2O/c1-4-3-6-5(7-4)8-2/h4H,3H2,1-2H3,(H,6,7). The van der Waals surface area contributed by atoms with Crippen LogP contribution in [0.1, 0.15) is 6.92 Å². The van der Waals surface area contributed by atoms with Crippen LogP contribution in [0, 0.1) is 0 Å². The molecule has 1 atom stereocenters.